The van der Waals surface area contributed by atoms with Gasteiger partial charge < -0.3 is 4.74 Å². The third-order valence-corrected chi connectivity index (χ3v) is 6.74. The van der Waals surface area contributed by atoms with Crippen molar-refractivity contribution in [2.75, 3.05) is 20.3 Å². The molecule has 0 aliphatic carbocycles. The smallest absolute Gasteiger partial charge is 0.407 e. The standard InChI is InChI=1S/C21H30NO7P/c1-4-25-28-30(24,29-26-5-2)14-13-18-19-12-11-17(22(19)3)15-20(18)27-21(23)16-9-7-6-8-10-16/h6-10,13-14,17-20H,4-5,11-12,15H2,1-3H3/b14-13+/t17-,18+,19+,20-/m0/s1. The summed E-state index contributed by atoms with van der Waals surface area (Å²) >= 11 is 0. The number of carbonyl (C=O) groups is 1. The van der Waals surface area contributed by atoms with Crippen LogP contribution in [0.25, 0.3) is 0 Å². The van der Waals surface area contributed by atoms with E-state index in [9.17, 15) is 9.36 Å². The lowest BCUT2D eigenvalue weighted by Crippen LogP contribution is -2.49. The van der Waals surface area contributed by atoms with Crippen molar-refractivity contribution in [2.24, 2.45) is 5.92 Å². The maximum atomic E-state index is 12.9. The van der Waals surface area contributed by atoms with Crippen LogP contribution in [0, 0.1) is 5.92 Å². The molecular weight excluding hydrogens is 409 g/mol. The van der Waals surface area contributed by atoms with E-state index in [-0.39, 0.29) is 37.2 Å². The molecule has 1 aromatic rings. The van der Waals surface area contributed by atoms with Crippen molar-refractivity contribution in [3.63, 3.8) is 0 Å². The fourth-order valence-corrected chi connectivity index (χ4v) is 5.18. The molecule has 2 aliphatic heterocycles. The second kappa shape index (κ2) is 10.7. The Hall–Kier alpha value is -1.54. The molecule has 9 heteroatoms. The summed E-state index contributed by atoms with van der Waals surface area (Å²) in [5.41, 5.74) is 0.511. The van der Waals surface area contributed by atoms with Gasteiger partial charge in [0.1, 0.15) is 6.10 Å². The predicted octanol–water partition coefficient (Wildman–Crippen LogP) is 4.34. The van der Waals surface area contributed by atoms with Gasteiger partial charge in [-0.2, -0.15) is 0 Å². The second-order valence-corrected chi connectivity index (χ2v) is 9.11. The summed E-state index contributed by atoms with van der Waals surface area (Å²) in [7, 11) is -1.69. The zero-order valence-corrected chi connectivity index (χ0v) is 18.5. The number of ether oxygens (including phenoxy) is 1. The van der Waals surface area contributed by atoms with Crippen LogP contribution in [0.4, 0.5) is 0 Å². The highest BCUT2D eigenvalue weighted by Crippen LogP contribution is 2.51. The van der Waals surface area contributed by atoms with E-state index in [2.05, 4.69) is 11.9 Å². The number of carbonyl (C=O) groups excluding carboxylic acids is 1. The maximum Gasteiger partial charge on any atom is 0.407 e. The Morgan fingerprint density at radius 3 is 2.43 bits per heavy atom. The monoisotopic (exact) mass is 439 g/mol. The number of piperidine rings is 1. The fourth-order valence-electron chi connectivity index (χ4n) is 4.14. The van der Waals surface area contributed by atoms with Crippen molar-refractivity contribution in [3.05, 3.63) is 47.8 Å². The van der Waals surface area contributed by atoms with Crippen LogP contribution in [0.5, 0.6) is 0 Å². The number of esters is 1. The molecule has 2 fully saturated rings. The Labute approximate surface area is 177 Å². The number of fused-ring (bicyclic) bond motifs is 2. The third-order valence-electron chi connectivity index (χ3n) is 5.58. The number of hydrogen-bond donors (Lipinski definition) is 0. The van der Waals surface area contributed by atoms with Gasteiger partial charge in [-0.1, -0.05) is 24.3 Å². The van der Waals surface area contributed by atoms with Crippen LogP contribution in [0.1, 0.15) is 43.5 Å². The van der Waals surface area contributed by atoms with Gasteiger partial charge in [-0.15, -0.1) is 9.35 Å². The average Bonchev–Trinajstić information content (AvgIpc) is 3.00. The molecular formula is C21H30NO7P. The largest absolute Gasteiger partial charge is 0.458 e. The Balaban J connectivity index is 1.79. The summed E-state index contributed by atoms with van der Waals surface area (Å²) in [4.78, 5) is 24.7. The molecule has 0 aromatic heterocycles. The summed E-state index contributed by atoms with van der Waals surface area (Å²) in [6.45, 7) is 3.84. The van der Waals surface area contributed by atoms with Crippen LogP contribution in [-0.2, 0) is 28.4 Å². The molecule has 2 bridgehead atoms. The van der Waals surface area contributed by atoms with Crippen molar-refractivity contribution in [1.82, 2.24) is 4.90 Å². The van der Waals surface area contributed by atoms with Crippen LogP contribution in [0.2, 0.25) is 0 Å². The van der Waals surface area contributed by atoms with Crippen LogP contribution >= 0.6 is 7.60 Å². The summed E-state index contributed by atoms with van der Waals surface area (Å²) in [6, 6.07) is 9.46. The van der Waals surface area contributed by atoms with Crippen molar-refractivity contribution in [3.8, 4) is 0 Å². The quantitative estimate of drug-likeness (QED) is 0.230. The highest BCUT2D eigenvalue weighted by atomic mass is 31.2. The van der Waals surface area contributed by atoms with Crippen LogP contribution < -0.4 is 0 Å². The zero-order chi connectivity index (χ0) is 21.6. The van der Waals surface area contributed by atoms with Crippen LogP contribution in [0.15, 0.2) is 42.2 Å². The molecule has 0 unspecified atom stereocenters. The van der Waals surface area contributed by atoms with Gasteiger partial charge in [0, 0.05) is 30.2 Å². The predicted molar refractivity (Wildman–Crippen MR) is 110 cm³/mol. The Morgan fingerprint density at radius 2 is 1.80 bits per heavy atom. The molecule has 2 heterocycles. The van der Waals surface area contributed by atoms with Crippen molar-refractivity contribution in [2.45, 2.75) is 51.3 Å². The molecule has 2 saturated heterocycles. The Morgan fingerprint density at radius 1 is 1.13 bits per heavy atom. The topological polar surface area (TPSA) is 83.5 Å². The first-order valence-corrected chi connectivity index (χ1v) is 12.0. The number of benzene rings is 1. The highest BCUT2D eigenvalue weighted by molar-refractivity contribution is 7.56. The first kappa shape index (κ1) is 23.1. The Kier molecular flexibility index (Phi) is 8.22. The number of hydrogen-bond acceptors (Lipinski definition) is 8. The van der Waals surface area contributed by atoms with Gasteiger partial charge in [0.25, 0.3) is 0 Å². The number of rotatable bonds is 10. The van der Waals surface area contributed by atoms with E-state index < -0.39 is 7.60 Å². The summed E-state index contributed by atoms with van der Waals surface area (Å²) in [5.74, 6) is 0.825. The lowest BCUT2D eigenvalue weighted by atomic mass is 9.87. The molecule has 3 rings (SSSR count). The Bertz CT molecular complexity index is 760. The van der Waals surface area contributed by atoms with E-state index >= 15 is 0 Å². The molecule has 166 valence electrons. The van der Waals surface area contributed by atoms with E-state index in [0.717, 1.165) is 12.8 Å². The minimum atomic E-state index is -3.76. The van der Waals surface area contributed by atoms with E-state index in [1.807, 2.05) is 6.07 Å². The molecule has 2 aliphatic rings. The molecule has 8 nitrogen and oxygen atoms in total. The highest BCUT2D eigenvalue weighted by Gasteiger charge is 2.46. The van der Waals surface area contributed by atoms with Crippen molar-refractivity contribution < 1.29 is 33.2 Å². The van der Waals surface area contributed by atoms with E-state index in [0.29, 0.717) is 18.0 Å². The second-order valence-electron chi connectivity index (χ2n) is 7.43. The SMILES string of the molecule is CCOOP(=O)(/C=C/[C@H]1[C@@H](OC(=O)c2ccccc2)C[C@@H]2CC[C@H]1N2C)OOCC. The van der Waals surface area contributed by atoms with Crippen molar-refractivity contribution in [1.29, 1.82) is 0 Å². The third kappa shape index (κ3) is 5.58. The first-order chi connectivity index (χ1) is 14.5. The van der Waals surface area contributed by atoms with E-state index in [1.54, 1.807) is 44.2 Å². The van der Waals surface area contributed by atoms with Gasteiger partial charge in [0.15, 0.2) is 0 Å². The first-order valence-electron chi connectivity index (χ1n) is 10.4. The normalized spacial score (nSPS) is 26.9. The maximum absolute atomic E-state index is 12.9. The molecule has 4 atom stereocenters. The summed E-state index contributed by atoms with van der Waals surface area (Å²) in [6.07, 6.45) is 4.13. The lowest BCUT2D eigenvalue weighted by Gasteiger charge is -2.41. The van der Waals surface area contributed by atoms with E-state index in [4.69, 9.17) is 23.9 Å². The van der Waals surface area contributed by atoms with Gasteiger partial charge >= 0.3 is 13.6 Å². The van der Waals surface area contributed by atoms with Crippen LogP contribution in [0.3, 0.4) is 0 Å². The summed E-state index contributed by atoms with van der Waals surface area (Å²) in [5, 5.41) is 0. The van der Waals surface area contributed by atoms with Gasteiger partial charge in [0.05, 0.1) is 18.8 Å². The minimum Gasteiger partial charge on any atom is -0.458 e. The van der Waals surface area contributed by atoms with Gasteiger partial charge in [-0.05, 0) is 45.9 Å². The van der Waals surface area contributed by atoms with Gasteiger partial charge in [0.2, 0.25) is 0 Å². The molecule has 0 radical (unpaired) electrons. The average molecular weight is 439 g/mol. The molecule has 0 spiro atoms. The molecule has 30 heavy (non-hydrogen) atoms. The van der Waals surface area contributed by atoms with Crippen molar-refractivity contribution >= 4 is 13.6 Å². The van der Waals surface area contributed by atoms with E-state index in [1.165, 1.54) is 5.82 Å². The summed E-state index contributed by atoms with van der Waals surface area (Å²) < 4.78 is 28.7. The lowest BCUT2D eigenvalue weighted by molar-refractivity contribution is -0.260. The molecule has 0 amide bonds. The minimum absolute atomic E-state index is 0.162. The van der Waals surface area contributed by atoms with Crippen LogP contribution in [-0.4, -0.2) is 49.3 Å². The molecule has 1 aromatic carbocycles. The number of nitrogens with zero attached hydrogens (tertiary/aromatic N) is 1. The van der Waals surface area contributed by atoms with Gasteiger partial charge in [-0.3, -0.25) is 9.46 Å². The zero-order valence-electron chi connectivity index (χ0n) is 17.6. The molecule has 0 N–H and O–H groups in total. The molecule has 0 saturated carbocycles. The fraction of sp³-hybridized carbons (Fsp3) is 0.571. The van der Waals surface area contributed by atoms with Gasteiger partial charge in [-0.25, -0.2) is 14.6 Å².